The Morgan fingerprint density at radius 2 is 2.24 bits per heavy atom. The standard InChI is InChI=1S/C12H23N5/c1-4-5-6-17(3)12-7-11(15-9-16-12)14-8-10(2)13/h7,9-10H,4-6,8,13H2,1-3H3,(H,14,15,16). The molecule has 0 saturated carbocycles. The smallest absolute Gasteiger partial charge is 0.133 e. The molecule has 5 heteroatoms. The Labute approximate surface area is 103 Å². The van der Waals surface area contributed by atoms with E-state index >= 15 is 0 Å². The Kier molecular flexibility index (Phi) is 5.69. The Morgan fingerprint density at radius 3 is 2.88 bits per heavy atom. The molecular formula is C12H23N5. The summed E-state index contributed by atoms with van der Waals surface area (Å²) in [6.07, 6.45) is 3.94. The molecule has 1 aromatic heterocycles. The molecule has 1 heterocycles. The summed E-state index contributed by atoms with van der Waals surface area (Å²) in [5, 5.41) is 3.19. The molecule has 0 aromatic carbocycles. The SMILES string of the molecule is CCCCN(C)c1cc(NCC(C)N)ncn1. The summed E-state index contributed by atoms with van der Waals surface area (Å²) in [6.45, 7) is 5.88. The van der Waals surface area contributed by atoms with Gasteiger partial charge >= 0.3 is 0 Å². The summed E-state index contributed by atoms with van der Waals surface area (Å²) >= 11 is 0. The minimum absolute atomic E-state index is 0.117. The molecule has 17 heavy (non-hydrogen) atoms. The van der Waals surface area contributed by atoms with Crippen LogP contribution in [0.15, 0.2) is 12.4 Å². The van der Waals surface area contributed by atoms with Crippen molar-refractivity contribution >= 4 is 11.6 Å². The third-order valence-electron chi connectivity index (χ3n) is 2.50. The lowest BCUT2D eigenvalue weighted by Gasteiger charge is -2.18. The van der Waals surface area contributed by atoms with Gasteiger partial charge in [0.25, 0.3) is 0 Å². The van der Waals surface area contributed by atoms with Crippen LogP contribution in [-0.4, -0.2) is 36.1 Å². The van der Waals surface area contributed by atoms with Crippen LogP contribution in [0.4, 0.5) is 11.6 Å². The van der Waals surface area contributed by atoms with Gasteiger partial charge in [-0.1, -0.05) is 13.3 Å². The highest BCUT2D eigenvalue weighted by atomic mass is 15.2. The molecule has 0 bridgehead atoms. The molecule has 1 aromatic rings. The highest BCUT2D eigenvalue weighted by Gasteiger charge is 2.04. The van der Waals surface area contributed by atoms with Crippen molar-refractivity contribution in [2.75, 3.05) is 30.4 Å². The topological polar surface area (TPSA) is 67.1 Å². The molecule has 0 aliphatic carbocycles. The number of hydrogen-bond acceptors (Lipinski definition) is 5. The molecule has 0 fully saturated rings. The van der Waals surface area contributed by atoms with Crippen LogP contribution in [0.1, 0.15) is 26.7 Å². The molecule has 0 aliphatic heterocycles. The van der Waals surface area contributed by atoms with Gasteiger partial charge in [-0.25, -0.2) is 9.97 Å². The first-order valence-corrected chi connectivity index (χ1v) is 6.16. The number of anilines is 2. The molecule has 96 valence electrons. The fourth-order valence-corrected chi connectivity index (χ4v) is 1.43. The molecule has 1 unspecified atom stereocenters. The van der Waals surface area contributed by atoms with Crippen LogP contribution >= 0.6 is 0 Å². The van der Waals surface area contributed by atoms with Crippen molar-refractivity contribution in [3.8, 4) is 0 Å². The predicted octanol–water partition coefficient (Wildman–Crippen LogP) is 1.47. The van der Waals surface area contributed by atoms with Crippen LogP contribution in [0, 0.1) is 0 Å². The van der Waals surface area contributed by atoms with Gasteiger partial charge in [0.2, 0.25) is 0 Å². The van der Waals surface area contributed by atoms with E-state index in [9.17, 15) is 0 Å². The predicted molar refractivity (Wildman–Crippen MR) is 72.3 cm³/mol. The van der Waals surface area contributed by atoms with Crippen molar-refractivity contribution in [1.82, 2.24) is 9.97 Å². The van der Waals surface area contributed by atoms with E-state index in [-0.39, 0.29) is 6.04 Å². The van der Waals surface area contributed by atoms with Crippen LogP contribution in [0.5, 0.6) is 0 Å². The highest BCUT2D eigenvalue weighted by Crippen LogP contribution is 2.12. The lowest BCUT2D eigenvalue weighted by molar-refractivity contribution is 0.756. The van der Waals surface area contributed by atoms with E-state index in [1.54, 1.807) is 6.33 Å². The van der Waals surface area contributed by atoms with Gasteiger partial charge in [0, 0.05) is 32.2 Å². The Hall–Kier alpha value is -1.36. The zero-order valence-corrected chi connectivity index (χ0v) is 11.0. The van der Waals surface area contributed by atoms with E-state index in [1.165, 1.54) is 12.8 Å². The number of aromatic nitrogens is 2. The molecule has 0 spiro atoms. The second-order valence-electron chi connectivity index (χ2n) is 4.39. The summed E-state index contributed by atoms with van der Waals surface area (Å²) in [6, 6.07) is 2.07. The third kappa shape index (κ3) is 4.99. The average Bonchev–Trinajstić information content (AvgIpc) is 2.33. The molecule has 1 rings (SSSR count). The Morgan fingerprint density at radius 1 is 1.47 bits per heavy atom. The zero-order chi connectivity index (χ0) is 12.7. The number of nitrogens with one attached hydrogen (secondary N) is 1. The molecule has 0 amide bonds. The molecular weight excluding hydrogens is 214 g/mol. The molecule has 5 nitrogen and oxygen atoms in total. The van der Waals surface area contributed by atoms with Gasteiger partial charge in [-0.05, 0) is 13.3 Å². The first-order chi connectivity index (χ1) is 8.13. The first kappa shape index (κ1) is 13.7. The van der Waals surface area contributed by atoms with Crippen molar-refractivity contribution in [2.24, 2.45) is 5.73 Å². The summed E-state index contributed by atoms with van der Waals surface area (Å²) < 4.78 is 0. The number of nitrogens with two attached hydrogens (primary N) is 1. The Bertz CT molecular complexity index is 326. The molecule has 3 N–H and O–H groups in total. The molecule has 1 atom stereocenters. The quantitative estimate of drug-likeness (QED) is 0.751. The van der Waals surface area contributed by atoms with Gasteiger partial charge in [0.05, 0.1) is 0 Å². The first-order valence-electron chi connectivity index (χ1n) is 6.16. The van der Waals surface area contributed by atoms with Gasteiger partial charge in [0.15, 0.2) is 0 Å². The van der Waals surface area contributed by atoms with Crippen molar-refractivity contribution in [1.29, 1.82) is 0 Å². The lowest BCUT2D eigenvalue weighted by Crippen LogP contribution is -2.26. The second-order valence-corrected chi connectivity index (χ2v) is 4.39. The maximum absolute atomic E-state index is 5.69. The number of unbranched alkanes of at least 4 members (excludes halogenated alkanes) is 1. The fourth-order valence-electron chi connectivity index (χ4n) is 1.43. The van der Waals surface area contributed by atoms with Crippen molar-refractivity contribution < 1.29 is 0 Å². The number of nitrogens with zero attached hydrogens (tertiary/aromatic N) is 3. The molecule has 0 saturated heterocycles. The maximum Gasteiger partial charge on any atom is 0.133 e. The normalized spacial score (nSPS) is 12.2. The molecule has 0 aliphatic rings. The summed E-state index contributed by atoms with van der Waals surface area (Å²) in [4.78, 5) is 10.6. The minimum atomic E-state index is 0.117. The van der Waals surface area contributed by atoms with Gasteiger partial charge in [-0.2, -0.15) is 0 Å². The summed E-state index contributed by atoms with van der Waals surface area (Å²) in [7, 11) is 2.05. The maximum atomic E-state index is 5.69. The van der Waals surface area contributed by atoms with Crippen LogP contribution in [0.25, 0.3) is 0 Å². The van der Waals surface area contributed by atoms with Gasteiger partial charge in [-0.3, -0.25) is 0 Å². The minimum Gasteiger partial charge on any atom is -0.368 e. The summed E-state index contributed by atoms with van der Waals surface area (Å²) in [5.74, 6) is 1.77. The largest absolute Gasteiger partial charge is 0.368 e. The van der Waals surface area contributed by atoms with E-state index < -0.39 is 0 Å². The van der Waals surface area contributed by atoms with E-state index in [4.69, 9.17) is 5.73 Å². The van der Waals surface area contributed by atoms with Gasteiger partial charge in [-0.15, -0.1) is 0 Å². The summed E-state index contributed by atoms with van der Waals surface area (Å²) in [5.41, 5.74) is 5.69. The van der Waals surface area contributed by atoms with Crippen molar-refractivity contribution in [2.45, 2.75) is 32.7 Å². The van der Waals surface area contributed by atoms with Crippen LogP contribution in [0.2, 0.25) is 0 Å². The van der Waals surface area contributed by atoms with Crippen LogP contribution in [0.3, 0.4) is 0 Å². The lowest BCUT2D eigenvalue weighted by atomic mass is 10.3. The fraction of sp³-hybridized carbons (Fsp3) is 0.667. The number of hydrogen-bond donors (Lipinski definition) is 2. The van der Waals surface area contributed by atoms with Crippen molar-refractivity contribution in [3.63, 3.8) is 0 Å². The van der Waals surface area contributed by atoms with E-state index in [0.29, 0.717) is 0 Å². The van der Waals surface area contributed by atoms with E-state index in [0.717, 1.165) is 24.7 Å². The third-order valence-corrected chi connectivity index (χ3v) is 2.50. The monoisotopic (exact) mass is 237 g/mol. The van der Waals surface area contributed by atoms with E-state index in [1.807, 2.05) is 20.0 Å². The van der Waals surface area contributed by atoms with Crippen LogP contribution < -0.4 is 16.0 Å². The number of rotatable bonds is 7. The zero-order valence-electron chi connectivity index (χ0n) is 11.0. The highest BCUT2D eigenvalue weighted by molar-refractivity contribution is 5.47. The second kappa shape index (κ2) is 7.06. The van der Waals surface area contributed by atoms with Gasteiger partial charge in [0.1, 0.15) is 18.0 Å². The van der Waals surface area contributed by atoms with Crippen molar-refractivity contribution in [3.05, 3.63) is 12.4 Å². The Balaban J connectivity index is 2.58. The van der Waals surface area contributed by atoms with Crippen LogP contribution in [-0.2, 0) is 0 Å². The van der Waals surface area contributed by atoms with Gasteiger partial charge < -0.3 is 16.0 Å². The molecule has 0 radical (unpaired) electrons. The average molecular weight is 237 g/mol. The van der Waals surface area contributed by atoms with E-state index in [2.05, 4.69) is 27.1 Å².